The second-order valence-corrected chi connectivity index (χ2v) is 5.74. The number of aliphatic hydroxyl groups is 1. The zero-order valence-electron chi connectivity index (χ0n) is 11.6. The minimum atomic E-state index is 0.000318. The maximum absolute atomic E-state index is 11.9. The molecule has 0 aromatic carbocycles. The number of amides is 2. The summed E-state index contributed by atoms with van der Waals surface area (Å²) in [4.78, 5) is 13.7. The van der Waals surface area contributed by atoms with Crippen LogP contribution in [0.5, 0.6) is 0 Å². The normalized spacial score (nSPS) is 23.4. The van der Waals surface area contributed by atoms with Crippen molar-refractivity contribution in [2.45, 2.75) is 32.1 Å². The van der Waals surface area contributed by atoms with Gasteiger partial charge in [0.15, 0.2) is 0 Å². The number of carbonyl (C=O) groups excluding carboxylic acids is 1. The molecule has 1 unspecified atom stereocenters. The molecular formula is C14H26N2O3. The van der Waals surface area contributed by atoms with Gasteiger partial charge in [0.25, 0.3) is 0 Å². The fourth-order valence-corrected chi connectivity index (χ4v) is 2.41. The largest absolute Gasteiger partial charge is 0.396 e. The van der Waals surface area contributed by atoms with Crippen molar-refractivity contribution in [3.63, 3.8) is 0 Å². The first kappa shape index (κ1) is 14.6. The molecule has 1 aliphatic carbocycles. The SMILES string of the molecule is O=C(NCCCOCC1CC1)N1CCCC(CO)C1. The molecule has 2 aliphatic rings. The third-order valence-corrected chi connectivity index (χ3v) is 3.86. The molecule has 2 amide bonds. The lowest BCUT2D eigenvalue weighted by atomic mass is 9.99. The maximum Gasteiger partial charge on any atom is 0.317 e. The van der Waals surface area contributed by atoms with E-state index in [0.29, 0.717) is 13.1 Å². The highest BCUT2D eigenvalue weighted by Crippen LogP contribution is 2.28. The molecule has 1 saturated carbocycles. The van der Waals surface area contributed by atoms with Crippen LogP contribution in [0.25, 0.3) is 0 Å². The number of urea groups is 1. The molecule has 1 saturated heterocycles. The summed E-state index contributed by atoms with van der Waals surface area (Å²) >= 11 is 0. The van der Waals surface area contributed by atoms with E-state index >= 15 is 0 Å². The maximum atomic E-state index is 11.9. The van der Waals surface area contributed by atoms with Gasteiger partial charge in [0, 0.05) is 39.5 Å². The Morgan fingerprint density at radius 2 is 2.16 bits per heavy atom. The number of hydrogen-bond donors (Lipinski definition) is 2. The Morgan fingerprint density at radius 1 is 1.32 bits per heavy atom. The molecule has 2 fully saturated rings. The summed E-state index contributed by atoms with van der Waals surface area (Å²) in [6.07, 6.45) is 5.52. The number of nitrogens with zero attached hydrogens (tertiary/aromatic N) is 1. The highest BCUT2D eigenvalue weighted by atomic mass is 16.5. The molecule has 1 aliphatic heterocycles. The predicted molar refractivity (Wildman–Crippen MR) is 72.9 cm³/mol. The van der Waals surface area contributed by atoms with E-state index < -0.39 is 0 Å². The van der Waals surface area contributed by atoms with Gasteiger partial charge in [0.1, 0.15) is 0 Å². The topological polar surface area (TPSA) is 61.8 Å². The number of piperidine rings is 1. The third-order valence-electron chi connectivity index (χ3n) is 3.86. The molecule has 0 aromatic rings. The fraction of sp³-hybridized carbons (Fsp3) is 0.929. The van der Waals surface area contributed by atoms with Crippen molar-refractivity contribution in [1.29, 1.82) is 0 Å². The number of carbonyl (C=O) groups is 1. The van der Waals surface area contributed by atoms with Crippen LogP contribution in [0.4, 0.5) is 4.79 Å². The van der Waals surface area contributed by atoms with Gasteiger partial charge >= 0.3 is 6.03 Å². The summed E-state index contributed by atoms with van der Waals surface area (Å²) in [5.74, 6) is 1.06. The number of ether oxygens (including phenoxy) is 1. The average Bonchev–Trinajstić information content (AvgIpc) is 3.26. The van der Waals surface area contributed by atoms with Crippen LogP contribution in [0.2, 0.25) is 0 Å². The van der Waals surface area contributed by atoms with Crippen LogP contribution in [-0.2, 0) is 4.74 Å². The lowest BCUT2D eigenvalue weighted by Gasteiger charge is -2.31. The number of aliphatic hydroxyl groups excluding tert-OH is 1. The molecule has 2 rings (SSSR count). The van der Waals surface area contributed by atoms with Crippen molar-refractivity contribution in [3.8, 4) is 0 Å². The Hall–Kier alpha value is -0.810. The Balaban J connectivity index is 1.50. The molecule has 110 valence electrons. The molecule has 1 atom stereocenters. The average molecular weight is 270 g/mol. The molecule has 19 heavy (non-hydrogen) atoms. The Bertz CT molecular complexity index is 282. The standard InChI is InChI=1S/C14H26N2O3/c17-10-13-3-1-7-16(9-13)14(18)15-6-2-8-19-11-12-4-5-12/h12-13,17H,1-11H2,(H,15,18). The van der Waals surface area contributed by atoms with E-state index in [9.17, 15) is 4.79 Å². The molecule has 5 nitrogen and oxygen atoms in total. The molecule has 5 heteroatoms. The lowest BCUT2D eigenvalue weighted by molar-refractivity contribution is 0.118. The molecule has 0 bridgehead atoms. The molecule has 0 aromatic heterocycles. The van der Waals surface area contributed by atoms with Crippen LogP contribution < -0.4 is 5.32 Å². The zero-order valence-corrected chi connectivity index (χ0v) is 11.6. The molecule has 0 radical (unpaired) electrons. The van der Waals surface area contributed by atoms with Crippen molar-refractivity contribution < 1.29 is 14.6 Å². The Morgan fingerprint density at radius 3 is 2.89 bits per heavy atom. The highest BCUT2D eigenvalue weighted by molar-refractivity contribution is 5.74. The number of likely N-dealkylation sites (tertiary alicyclic amines) is 1. The van der Waals surface area contributed by atoms with Crippen LogP contribution in [0, 0.1) is 11.8 Å². The van der Waals surface area contributed by atoms with E-state index in [2.05, 4.69) is 5.32 Å². The van der Waals surface area contributed by atoms with Crippen molar-refractivity contribution in [2.75, 3.05) is 39.5 Å². The van der Waals surface area contributed by atoms with E-state index in [4.69, 9.17) is 9.84 Å². The monoisotopic (exact) mass is 270 g/mol. The Labute approximate surface area is 115 Å². The van der Waals surface area contributed by atoms with E-state index in [1.165, 1.54) is 12.8 Å². The van der Waals surface area contributed by atoms with Gasteiger partial charge < -0.3 is 20.1 Å². The van der Waals surface area contributed by atoms with E-state index in [-0.39, 0.29) is 18.6 Å². The van der Waals surface area contributed by atoms with Crippen LogP contribution in [-0.4, -0.2) is 55.5 Å². The van der Waals surface area contributed by atoms with Gasteiger partial charge in [0.2, 0.25) is 0 Å². The quantitative estimate of drug-likeness (QED) is 0.684. The van der Waals surface area contributed by atoms with Gasteiger partial charge in [-0.25, -0.2) is 4.79 Å². The smallest absolute Gasteiger partial charge is 0.317 e. The van der Waals surface area contributed by atoms with E-state index in [1.807, 2.05) is 4.90 Å². The fourth-order valence-electron chi connectivity index (χ4n) is 2.41. The number of rotatable bonds is 7. The van der Waals surface area contributed by atoms with Crippen molar-refractivity contribution in [3.05, 3.63) is 0 Å². The van der Waals surface area contributed by atoms with Gasteiger partial charge in [-0.05, 0) is 43.9 Å². The Kier molecular flexibility index (Phi) is 5.92. The summed E-state index contributed by atoms with van der Waals surface area (Å²) in [7, 11) is 0. The van der Waals surface area contributed by atoms with Crippen LogP contribution in [0.3, 0.4) is 0 Å². The van der Waals surface area contributed by atoms with Gasteiger partial charge in [-0.2, -0.15) is 0 Å². The molecule has 0 spiro atoms. The lowest BCUT2D eigenvalue weighted by Crippen LogP contribution is -2.46. The second-order valence-electron chi connectivity index (χ2n) is 5.74. The van der Waals surface area contributed by atoms with Crippen LogP contribution in [0.1, 0.15) is 32.1 Å². The van der Waals surface area contributed by atoms with Crippen molar-refractivity contribution >= 4 is 6.03 Å². The minimum absolute atomic E-state index is 0.000318. The molecule has 2 N–H and O–H groups in total. The summed E-state index contributed by atoms with van der Waals surface area (Å²) in [5.41, 5.74) is 0. The highest BCUT2D eigenvalue weighted by Gasteiger charge is 2.23. The van der Waals surface area contributed by atoms with Crippen molar-refractivity contribution in [1.82, 2.24) is 10.2 Å². The summed E-state index contributed by atoms with van der Waals surface area (Å²) in [6.45, 7) is 3.96. The summed E-state index contributed by atoms with van der Waals surface area (Å²) in [6, 6.07) is 0.000318. The molecular weight excluding hydrogens is 244 g/mol. The van der Waals surface area contributed by atoms with Crippen LogP contribution >= 0.6 is 0 Å². The predicted octanol–water partition coefficient (Wildman–Crippen LogP) is 1.22. The van der Waals surface area contributed by atoms with Gasteiger partial charge in [-0.3, -0.25) is 0 Å². The van der Waals surface area contributed by atoms with Gasteiger partial charge in [0.05, 0.1) is 0 Å². The van der Waals surface area contributed by atoms with Gasteiger partial charge in [-0.1, -0.05) is 0 Å². The summed E-state index contributed by atoms with van der Waals surface area (Å²) < 4.78 is 5.52. The first-order valence-electron chi connectivity index (χ1n) is 7.51. The number of hydrogen-bond acceptors (Lipinski definition) is 3. The van der Waals surface area contributed by atoms with E-state index in [0.717, 1.165) is 44.9 Å². The third kappa shape index (κ3) is 5.37. The zero-order chi connectivity index (χ0) is 13.5. The van der Waals surface area contributed by atoms with E-state index in [1.54, 1.807) is 0 Å². The van der Waals surface area contributed by atoms with Crippen LogP contribution in [0.15, 0.2) is 0 Å². The van der Waals surface area contributed by atoms with Gasteiger partial charge in [-0.15, -0.1) is 0 Å². The minimum Gasteiger partial charge on any atom is -0.396 e. The second kappa shape index (κ2) is 7.70. The summed E-state index contributed by atoms with van der Waals surface area (Å²) in [5, 5.41) is 12.1. The number of nitrogens with one attached hydrogen (secondary N) is 1. The molecule has 1 heterocycles. The first-order chi connectivity index (χ1) is 9.29. The first-order valence-corrected chi connectivity index (χ1v) is 7.51. The van der Waals surface area contributed by atoms with Crippen molar-refractivity contribution in [2.24, 2.45) is 11.8 Å².